The number of hydrogen-bond donors (Lipinski definition) is 2. The lowest BCUT2D eigenvalue weighted by Gasteiger charge is -2.34. The van der Waals surface area contributed by atoms with E-state index >= 15 is 0 Å². The summed E-state index contributed by atoms with van der Waals surface area (Å²) in [6.45, 7) is 9.22. The molecule has 1 unspecified atom stereocenters. The summed E-state index contributed by atoms with van der Waals surface area (Å²) in [6.07, 6.45) is 4.34. The van der Waals surface area contributed by atoms with Crippen molar-refractivity contribution >= 4 is 17.7 Å². The molecule has 0 bridgehead atoms. The maximum atomic E-state index is 12.0. The molecule has 100 valence electrons. The van der Waals surface area contributed by atoms with Crippen LogP contribution < -0.4 is 10.6 Å². The standard InChI is InChI=1S/C13H26N2OS/c1-5-13(6-2,17-4)9-15-12(16)10(3)11-7-14-8-11/h10-11,14H,5-9H2,1-4H3,(H,15,16). The second-order valence-electron chi connectivity index (χ2n) is 5.02. The van der Waals surface area contributed by atoms with E-state index in [0.29, 0.717) is 5.92 Å². The SMILES string of the molecule is CCC(CC)(CNC(=O)C(C)C1CNC1)SC. The van der Waals surface area contributed by atoms with Crippen molar-refractivity contribution in [2.24, 2.45) is 11.8 Å². The van der Waals surface area contributed by atoms with E-state index in [1.54, 1.807) is 0 Å². The van der Waals surface area contributed by atoms with Crippen molar-refractivity contribution in [3.05, 3.63) is 0 Å². The Morgan fingerprint density at radius 3 is 2.41 bits per heavy atom. The van der Waals surface area contributed by atoms with Crippen molar-refractivity contribution in [3.63, 3.8) is 0 Å². The fourth-order valence-corrected chi connectivity index (χ4v) is 2.94. The number of carbonyl (C=O) groups excluding carboxylic acids is 1. The average molecular weight is 258 g/mol. The fraction of sp³-hybridized carbons (Fsp3) is 0.923. The molecule has 2 N–H and O–H groups in total. The molecule has 1 atom stereocenters. The number of thioether (sulfide) groups is 1. The number of nitrogens with one attached hydrogen (secondary N) is 2. The van der Waals surface area contributed by atoms with Gasteiger partial charge in [-0.1, -0.05) is 20.8 Å². The van der Waals surface area contributed by atoms with E-state index < -0.39 is 0 Å². The minimum absolute atomic E-state index is 0.143. The lowest BCUT2D eigenvalue weighted by Crippen LogP contribution is -2.51. The van der Waals surface area contributed by atoms with Gasteiger partial charge in [-0.25, -0.2) is 0 Å². The van der Waals surface area contributed by atoms with Gasteiger partial charge in [0.15, 0.2) is 0 Å². The quantitative estimate of drug-likeness (QED) is 0.732. The topological polar surface area (TPSA) is 41.1 Å². The second kappa shape index (κ2) is 6.64. The molecule has 0 aromatic carbocycles. The van der Waals surface area contributed by atoms with E-state index in [1.807, 2.05) is 18.7 Å². The van der Waals surface area contributed by atoms with E-state index in [-0.39, 0.29) is 16.6 Å². The molecule has 1 rings (SSSR count). The highest BCUT2D eigenvalue weighted by Crippen LogP contribution is 2.29. The monoisotopic (exact) mass is 258 g/mol. The number of rotatable bonds is 7. The highest BCUT2D eigenvalue weighted by molar-refractivity contribution is 8.00. The Hall–Kier alpha value is -0.220. The van der Waals surface area contributed by atoms with Gasteiger partial charge in [0.1, 0.15) is 0 Å². The van der Waals surface area contributed by atoms with E-state index in [2.05, 4.69) is 30.7 Å². The molecule has 0 aliphatic carbocycles. The first-order valence-electron chi connectivity index (χ1n) is 6.62. The Morgan fingerprint density at radius 1 is 1.47 bits per heavy atom. The summed E-state index contributed by atoms with van der Waals surface area (Å²) in [4.78, 5) is 12.0. The van der Waals surface area contributed by atoms with Crippen molar-refractivity contribution in [2.75, 3.05) is 25.9 Å². The molecular formula is C13H26N2OS. The van der Waals surface area contributed by atoms with Gasteiger partial charge in [0, 0.05) is 17.2 Å². The number of carbonyl (C=O) groups is 1. The van der Waals surface area contributed by atoms with Crippen LogP contribution in [0.4, 0.5) is 0 Å². The molecular weight excluding hydrogens is 232 g/mol. The normalized spacial score (nSPS) is 18.6. The molecule has 3 nitrogen and oxygen atoms in total. The first kappa shape index (κ1) is 14.8. The first-order chi connectivity index (χ1) is 8.08. The van der Waals surface area contributed by atoms with Crippen LogP contribution >= 0.6 is 11.8 Å². The molecule has 4 heteroatoms. The minimum Gasteiger partial charge on any atom is -0.354 e. The molecule has 1 aliphatic heterocycles. The molecule has 1 saturated heterocycles. The van der Waals surface area contributed by atoms with Crippen LogP contribution in [-0.2, 0) is 4.79 Å². The molecule has 1 aliphatic rings. The van der Waals surface area contributed by atoms with Crippen molar-refractivity contribution in [1.29, 1.82) is 0 Å². The van der Waals surface area contributed by atoms with Crippen LogP contribution in [-0.4, -0.2) is 36.5 Å². The Kier molecular flexibility index (Phi) is 5.80. The molecule has 1 heterocycles. The van der Waals surface area contributed by atoms with Gasteiger partial charge in [-0.3, -0.25) is 4.79 Å². The first-order valence-corrected chi connectivity index (χ1v) is 7.84. The fourth-order valence-electron chi connectivity index (χ4n) is 2.15. The summed E-state index contributed by atoms with van der Waals surface area (Å²) in [5.74, 6) is 0.892. The molecule has 0 spiro atoms. The van der Waals surface area contributed by atoms with Crippen LogP contribution in [0.5, 0.6) is 0 Å². The predicted molar refractivity (Wildman–Crippen MR) is 75.4 cm³/mol. The van der Waals surface area contributed by atoms with Gasteiger partial charge in [0.25, 0.3) is 0 Å². The Labute approximate surface area is 109 Å². The van der Waals surface area contributed by atoms with Crippen molar-refractivity contribution < 1.29 is 4.79 Å². The van der Waals surface area contributed by atoms with E-state index in [9.17, 15) is 4.79 Å². The van der Waals surface area contributed by atoms with E-state index in [0.717, 1.165) is 32.5 Å². The molecule has 0 aromatic rings. The zero-order chi connectivity index (χ0) is 12.9. The van der Waals surface area contributed by atoms with Crippen LogP contribution in [0.15, 0.2) is 0 Å². The van der Waals surface area contributed by atoms with Crippen molar-refractivity contribution in [3.8, 4) is 0 Å². The Balaban J connectivity index is 2.40. The predicted octanol–water partition coefficient (Wildman–Crippen LogP) is 1.88. The Bertz CT molecular complexity index is 242. The van der Waals surface area contributed by atoms with Gasteiger partial charge >= 0.3 is 0 Å². The molecule has 0 saturated carbocycles. The summed E-state index contributed by atoms with van der Waals surface area (Å²) in [5.41, 5.74) is 0. The van der Waals surface area contributed by atoms with Crippen LogP contribution in [0.1, 0.15) is 33.6 Å². The van der Waals surface area contributed by atoms with Crippen LogP contribution in [0.2, 0.25) is 0 Å². The summed E-state index contributed by atoms with van der Waals surface area (Å²) < 4.78 is 0.216. The molecule has 0 radical (unpaired) electrons. The van der Waals surface area contributed by atoms with E-state index in [4.69, 9.17) is 0 Å². The lowest BCUT2D eigenvalue weighted by molar-refractivity contribution is -0.126. The summed E-state index contributed by atoms with van der Waals surface area (Å²) in [7, 11) is 0. The highest BCUT2D eigenvalue weighted by atomic mass is 32.2. The number of amides is 1. The lowest BCUT2D eigenvalue weighted by atomic mass is 9.88. The highest BCUT2D eigenvalue weighted by Gasteiger charge is 2.31. The minimum atomic E-state index is 0.143. The molecule has 1 amide bonds. The molecule has 17 heavy (non-hydrogen) atoms. The summed E-state index contributed by atoms with van der Waals surface area (Å²) in [6, 6.07) is 0. The molecule has 1 fully saturated rings. The maximum absolute atomic E-state index is 12.0. The van der Waals surface area contributed by atoms with Gasteiger partial charge < -0.3 is 10.6 Å². The zero-order valence-electron chi connectivity index (χ0n) is 11.5. The number of hydrogen-bond acceptors (Lipinski definition) is 3. The third-order valence-electron chi connectivity index (χ3n) is 4.24. The third-order valence-corrected chi connectivity index (χ3v) is 5.83. The van der Waals surface area contributed by atoms with Gasteiger partial charge in [0.05, 0.1) is 0 Å². The second-order valence-corrected chi connectivity index (χ2v) is 6.29. The van der Waals surface area contributed by atoms with Gasteiger partial charge in [-0.15, -0.1) is 0 Å². The van der Waals surface area contributed by atoms with Crippen LogP contribution in [0.25, 0.3) is 0 Å². The van der Waals surface area contributed by atoms with Crippen LogP contribution in [0.3, 0.4) is 0 Å². The third kappa shape index (κ3) is 3.62. The molecule has 0 aromatic heterocycles. The Morgan fingerprint density at radius 2 is 2.06 bits per heavy atom. The smallest absolute Gasteiger partial charge is 0.223 e. The van der Waals surface area contributed by atoms with Crippen molar-refractivity contribution in [1.82, 2.24) is 10.6 Å². The van der Waals surface area contributed by atoms with Crippen LogP contribution in [0, 0.1) is 11.8 Å². The average Bonchev–Trinajstić information content (AvgIpc) is 2.29. The van der Waals surface area contributed by atoms with E-state index in [1.165, 1.54) is 0 Å². The largest absolute Gasteiger partial charge is 0.354 e. The summed E-state index contributed by atoms with van der Waals surface area (Å²) in [5, 5.41) is 6.36. The maximum Gasteiger partial charge on any atom is 0.223 e. The van der Waals surface area contributed by atoms with Gasteiger partial charge in [0.2, 0.25) is 5.91 Å². The zero-order valence-corrected chi connectivity index (χ0v) is 12.3. The van der Waals surface area contributed by atoms with Crippen molar-refractivity contribution in [2.45, 2.75) is 38.4 Å². The van der Waals surface area contributed by atoms with Gasteiger partial charge in [-0.2, -0.15) is 11.8 Å². The van der Waals surface area contributed by atoms with Gasteiger partial charge in [-0.05, 0) is 38.1 Å². The summed E-state index contributed by atoms with van der Waals surface area (Å²) >= 11 is 1.87.